The molecule has 0 spiro atoms. The maximum Gasteiger partial charge on any atom is 0.317 e. The molecule has 3 rings (SSSR count). The average Bonchev–Trinajstić information content (AvgIpc) is 2.90. The second-order valence-electron chi connectivity index (χ2n) is 5.24. The number of likely N-dealkylation sites (tertiary alicyclic amines) is 1. The van der Waals surface area contributed by atoms with Crippen LogP contribution in [0, 0.1) is 11.8 Å². The molecule has 2 fully saturated rings. The van der Waals surface area contributed by atoms with Gasteiger partial charge in [-0.3, -0.25) is 14.5 Å². The number of carboxylic acids is 1. The summed E-state index contributed by atoms with van der Waals surface area (Å²) in [7, 11) is 0. The summed E-state index contributed by atoms with van der Waals surface area (Å²) in [6.45, 7) is 2.00. The molecular weight excluding hydrogens is 244 g/mol. The summed E-state index contributed by atoms with van der Waals surface area (Å²) >= 11 is 0. The zero-order valence-electron chi connectivity index (χ0n) is 10.5. The zero-order chi connectivity index (χ0) is 13.4. The summed E-state index contributed by atoms with van der Waals surface area (Å²) in [5, 5.41) is 8.80. The van der Waals surface area contributed by atoms with Crippen molar-refractivity contribution in [1.82, 2.24) is 4.90 Å². The maximum atomic E-state index is 12.4. The molecule has 2 aliphatic heterocycles. The van der Waals surface area contributed by atoms with Gasteiger partial charge in [0.2, 0.25) is 5.91 Å². The highest BCUT2D eigenvalue weighted by Gasteiger charge is 2.46. The molecule has 100 valence electrons. The Labute approximate surface area is 111 Å². The van der Waals surface area contributed by atoms with Crippen LogP contribution in [0.3, 0.4) is 0 Å². The van der Waals surface area contributed by atoms with E-state index in [2.05, 4.69) is 0 Å². The van der Waals surface area contributed by atoms with E-state index in [-0.39, 0.29) is 24.3 Å². The fourth-order valence-electron chi connectivity index (χ4n) is 3.11. The quantitative estimate of drug-likeness (QED) is 0.867. The van der Waals surface area contributed by atoms with Gasteiger partial charge in [0.1, 0.15) is 0 Å². The summed E-state index contributed by atoms with van der Waals surface area (Å²) in [6, 6.07) is 9.66. The highest BCUT2D eigenvalue weighted by atomic mass is 16.4. The normalized spacial score (nSPS) is 26.7. The van der Waals surface area contributed by atoms with Crippen LogP contribution in [-0.4, -0.2) is 48.1 Å². The van der Waals surface area contributed by atoms with Crippen molar-refractivity contribution in [1.29, 1.82) is 0 Å². The highest BCUT2D eigenvalue weighted by molar-refractivity contribution is 5.98. The van der Waals surface area contributed by atoms with Gasteiger partial charge in [-0.05, 0) is 12.1 Å². The molecule has 1 N–H and O–H groups in total. The number of nitrogens with zero attached hydrogens (tertiary/aromatic N) is 2. The molecule has 2 heterocycles. The Morgan fingerprint density at radius 1 is 1.21 bits per heavy atom. The fourth-order valence-corrected chi connectivity index (χ4v) is 3.11. The summed E-state index contributed by atoms with van der Waals surface area (Å²) in [5.74, 6) is -0.483. The number of carboxylic acid groups (broad SMARTS) is 1. The standard InChI is InChI=1S/C14H16N2O3/c17-13(18)9-15-6-10-7-16(14(19)12(10)8-15)11-4-2-1-3-5-11/h1-5,10,12H,6-9H2,(H,17,18)/t10-,12+/m0/s1. The lowest BCUT2D eigenvalue weighted by atomic mass is 10.0. The van der Waals surface area contributed by atoms with Gasteiger partial charge in [0.25, 0.3) is 0 Å². The average molecular weight is 260 g/mol. The molecule has 2 saturated heterocycles. The highest BCUT2D eigenvalue weighted by Crippen LogP contribution is 2.34. The molecule has 1 aromatic carbocycles. The Bertz CT molecular complexity index is 503. The lowest BCUT2D eigenvalue weighted by molar-refractivity contribution is -0.138. The van der Waals surface area contributed by atoms with E-state index in [1.165, 1.54) is 0 Å². The molecule has 0 radical (unpaired) electrons. The first-order valence-corrected chi connectivity index (χ1v) is 6.45. The van der Waals surface area contributed by atoms with Gasteiger partial charge in [0, 0.05) is 31.2 Å². The number of aliphatic carboxylic acids is 1. The van der Waals surface area contributed by atoms with E-state index in [9.17, 15) is 9.59 Å². The van der Waals surface area contributed by atoms with Crippen LogP contribution in [0.4, 0.5) is 5.69 Å². The van der Waals surface area contributed by atoms with Gasteiger partial charge in [0.05, 0.1) is 12.5 Å². The molecule has 2 atom stereocenters. The molecule has 0 aliphatic carbocycles. The van der Waals surface area contributed by atoms with Crippen LogP contribution < -0.4 is 4.90 Å². The monoisotopic (exact) mass is 260 g/mol. The molecule has 1 aromatic rings. The summed E-state index contributed by atoms with van der Waals surface area (Å²) in [5.41, 5.74) is 0.937. The van der Waals surface area contributed by atoms with E-state index in [1.807, 2.05) is 40.1 Å². The van der Waals surface area contributed by atoms with Crippen molar-refractivity contribution < 1.29 is 14.7 Å². The number of rotatable bonds is 3. The predicted molar refractivity (Wildman–Crippen MR) is 69.9 cm³/mol. The van der Waals surface area contributed by atoms with E-state index >= 15 is 0 Å². The number of benzene rings is 1. The third-order valence-corrected chi connectivity index (χ3v) is 3.94. The minimum Gasteiger partial charge on any atom is -0.480 e. The molecule has 0 unspecified atom stereocenters. The first-order valence-electron chi connectivity index (χ1n) is 6.45. The van der Waals surface area contributed by atoms with Crippen molar-refractivity contribution in [2.75, 3.05) is 31.1 Å². The van der Waals surface area contributed by atoms with Crippen LogP contribution in [0.5, 0.6) is 0 Å². The molecule has 0 saturated carbocycles. The Kier molecular flexibility index (Phi) is 2.98. The third-order valence-electron chi connectivity index (χ3n) is 3.94. The van der Waals surface area contributed by atoms with E-state index in [0.717, 1.165) is 5.69 Å². The summed E-state index contributed by atoms with van der Waals surface area (Å²) in [4.78, 5) is 26.8. The largest absolute Gasteiger partial charge is 0.480 e. The number of amides is 1. The Hall–Kier alpha value is -1.88. The van der Waals surface area contributed by atoms with Crippen molar-refractivity contribution in [3.8, 4) is 0 Å². The van der Waals surface area contributed by atoms with Gasteiger partial charge in [-0.15, -0.1) is 0 Å². The Balaban J connectivity index is 1.71. The van der Waals surface area contributed by atoms with Crippen molar-refractivity contribution in [2.24, 2.45) is 11.8 Å². The number of anilines is 1. The molecule has 0 bridgehead atoms. The lowest BCUT2D eigenvalue weighted by Crippen LogP contribution is -2.34. The number of hydrogen-bond donors (Lipinski definition) is 1. The number of hydrogen-bond acceptors (Lipinski definition) is 3. The smallest absolute Gasteiger partial charge is 0.317 e. The van der Waals surface area contributed by atoms with Crippen LogP contribution in [0.25, 0.3) is 0 Å². The van der Waals surface area contributed by atoms with E-state index in [4.69, 9.17) is 5.11 Å². The van der Waals surface area contributed by atoms with Gasteiger partial charge in [-0.25, -0.2) is 0 Å². The van der Waals surface area contributed by atoms with Gasteiger partial charge < -0.3 is 10.0 Å². The molecule has 5 nitrogen and oxygen atoms in total. The minimum absolute atomic E-state index is 0.0334. The number of carbonyl (C=O) groups is 2. The van der Waals surface area contributed by atoms with Crippen molar-refractivity contribution in [3.05, 3.63) is 30.3 Å². The zero-order valence-corrected chi connectivity index (χ0v) is 10.5. The molecular formula is C14H16N2O3. The van der Waals surface area contributed by atoms with Crippen LogP contribution in [0.1, 0.15) is 0 Å². The topological polar surface area (TPSA) is 60.9 Å². The van der Waals surface area contributed by atoms with Crippen LogP contribution >= 0.6 is 0 Å². The van der Waals surface area contributed by atoms with E-state index in [0.29, 0.717) is 19.6 Å². The maximum absolute atomic E-state index is 12.4. The number of para-hydroxylation sites is 1. The van der Waals surface area contributed by atoms with E-state index in [1.54, 1.807) is 0 Å². The summed E-state index contributed by atoms with van der Waals surface area (Å²) in [6.07, 6.45) is 0. The van der Waals surface area contributed by atoms with Gasteiger partial charge >= 0.3 is 5.97 Å². The van der Waals surface area contributed by atoms with Gasteiger partial charge in [0.15, 0.2) is 0 Å². The first-order chi connectivity index (χ1) is 9.15. The second kappa shape index (κ2) is 4.66. The Morgan fingerprint density at radius 3 is 2.58 bits per heavy atom. The van der Waals surface area contributed by atoms with Crippen molar-refractivity contribution in [2.45, 2.75) is 0 Å². The molecule has 0 aromatic heterocycles. The first kappa shape index (κ1) is 12.2. The molecule has 2 aliphatic rings. The number of fused-ring (bicyclic) bond motifs is 1. The second-order valence-corrected chi connectivity index (χ2v) is 5.24. The minimum atomic E-state index is -0.827. The van der Waals surface area contributed by atoms with Gasteiger partial charge in [-0.2, -0.15) is 0 Å². The molecule has 19 heavy (non-hydrogen) atoms. The fraction of sp³-hybridized carbons (Fsp3) is 0.429. The Morgan fingerprint density at radius 2 is 1.95 bits per heavy atom. The summed E-state index contributed by atoms with van der Waals surface area (Å²) < 4.78 is 0. The SMILES string of the molecule is O=C(O)CN1C[C@H]2CN(c3ccccc3)C(=O)[C@@H]2C1. The van der Waals surface area contributed by atoms with Crippen molar-refractivity contribution in [3.63, 3.8) is 0 Å². The van der Waals surface area contributed by atoms with Gasteiger partial charge in [-0.1, -0.05) is 18.2 Å². The molecule has 5 heteroatoms. The third kappa shape index (κ3) is 2.21. The lowest BCUT2D eigenvalue weighted by Gasteiger charge is -2.20. The van der Waals surface area contributed by atoms with E-state index < -0.39 is 5.97 Å². The predicted octanol–water partition coefficient (Wildman–Crippen LogP) is 0.666. The van der Waals surface area contributed by atoms with Crippen LogP contribution in [0.2, 0.25) is 0 Å². The molecule has 1 amide bonds. The van der Waals surface area contributed by atoms with Crippen molar-refractivity contribution >= 4 is 17.6 Å². The van der Waals surface area contributed by atoms with Crippen LogP contribution in [0.15, 0.2) is 30.3 Å². The number of carbonyl (C=O) groups excluding carboxylic acids is 1. The van der Waals surface area contributed by atoms with Crippen LogP contribution in [-0.2, 0) is 9.59 Å².